The van der Waals surface area contributed by atoms with Crippen LogP contribution in [0.5, 0.6) is 0 Å². The topological polar surface area (TPSA) is 42.0 Å². The molecule has 3 rings (SSSR count). The quantitative estimate of drug-likeness (QED) is 0.801. The largest absolute Gasteiger partial charge is 0.349 e. The second-order valence-electron chi connectivity index (χ2n) is 4.96. The van der Waals surface area contributed by atoms with E-state index < -0.39 is 0 Å². The molecule has 0 aliphatic carbocycles. The smallest absolute Gasteiger partial charge is 0.224 e. The molecule has 0 atom stereocenters. The lowest BCUT2D eigenvalue weighted by atomic mass is 10.1. The molecule has 1 amide bonds. The first kappa shape index (κ1) is 13.8. The normalized spacial score (nSPS) is 10.7. The van der Waals surface area contributed by atoms with Crippen molar-refractivity contribution in [3.8, 4) is 0 Å². The van der Waals surface area contributed by atoms with Crippen LogP contribution in [0.2, 0.25) is 0 Å². The van der Waals surface area contributed by atoms with E-state index in [1.165, 1.54) is 0 Å². The summed E-state index contributed by atoms with van der Waals surface area (Å²) in [7, 11) is 0. The van der Waals surface area contributed by atoms with E-state index in [0.29, 0.717) is 13.0 Å². The minimum Gasteiger partial charge on any atom is -0.349 e. The molecule has 0 saturated carbocycles. The second-order valence-corrected chi connectivity index (χ2v) is 6.07. The molecule has 4 heteroatoms. The Hall–Kier alpha value is -2.20. The number of rotatable bonds is 4. The Balaban J connectivity index is 1.62. The monoisotopic (exact) mass is 296 g/mol. The van der Waals surface area contributed by atoms with Crippen LogP contribution in [0.25, 0.3) is 10.2 Å². The Kier molecular flexibility index (Phi) is 3.97. The molecule has 3 nitrogen and oxygen atoms in total. The molecule has 0 radical (unpaired) electrons. The molecule has 0 unspecified atom stereocenters. The van der Waals surface area contributed by atoms with E-state index in [2.05, 4.69) is 10.3 Å². The summed E-state index contributed by atoms with van der Waals surface area (Å²) >= 11 is 1.62. The number of hydrogen-bond acceptors (Lipinski definition) is 3. The average molecular weight is 296 g/mol. The zero-order valence-electron chi connectivity index (χ0n) is 11.8. The van der Waals surface area contributed by atoms with Gasteiger partial charge in [-0.15, -0.1) is 11.3 Å². The van der Waals surface area contributed by atoms with E-state index in [4.69, 9.17) is 0 Å². The average Bonchev–Trinajstić information content (AvgIpc) is 2.90. The van der Waals surface area contributed by atoms with Gasteiger partial charge in [0.05, 0.1) is 23.2 Å². The van der Waals surface area contributed by atoms with Crippen LogP contribution in [0.1, 0.15) is 16.1 Å². The Morgan fingerprint density at radius 2 is 1.90 bits per heavy atom. The number of benzene rings is 2. The van der Waals surface area contributed by atoms with Crippen molar-refractivity contribution in [2.24, 2.45) is 0 Å². The van der Waals surface area contributed by atoms with Crippen LogP contribution >= 0.6 is 11.3 Å². The number of carbonyl (C=O) groups is 1. The van der Waals surface area contributed by atoms with Crippen LogP contribution in [0.4, 0.5) is 0 Å². The maximum absolute atomic E-state index is 12.0. The maximum Gasteiger partial charge on any atom is 0.224 e. The fourth-order valence-electron chi connectivity index (χ4n) is 2.21. The van der Waals surface area contributed by atoms with Gasteiger partial charge in [-0.3, -0.25) is 4.79 Å². The summed E-state index contributed by atoms with van der Waals surface area (Å²) in [6.45, 7) is 2.51. The third kappa shape index (κ3) is 3.28. The number of aryl methyl sites for hydroxylation is 1. The van der Waals surface area contributed by atoms with Gasteiger partial charge in [-0.1, -0.05) is 36.4 Å². The van der Waals surface area contributed by atoms with E-state index in [9.17, 15) is 4.79 Å². The van der Waals surface area contributed by atoms with E-state index in [-0.39, 0.29) is 5.91 Å². The van der Waals surface area contributed by atoms with E-state index in [1.54, 1.807) is 11.3 Å². The van der Waals surface area contributed by atoms with Crippen molar-refractivity contribution >= 4 is 27.5 Å². The molecule has 0 saturated heterocycles. The molecule has 0 aliphatic rings. The summed E-state index contributed by atoms with van der Waals surface area (Å²) in [5.74, 6) is 0.0311. The van der Waals surface area contributed by atoms with E-state index in [0.717, 1.165) is 26.4 Å². The van der Waals surface area contributed by atoms with Gasteiger partial charge in [0.1, 0.15) is 5.01 Å². The van der Waals surface area contributed by atoms with Crippen molar-refractivity contribution in [2.45, 2.75) is 19.9 Å². The highest BCUT2D eigenvalue weighted by atomic mass is 32.1. The molecule has 21 heavy (non-hydrogen) atoms. The number of carbonyl (C=O) groups excluding carboxylic acids is 1. The lowest BCUT2D eigenvalue weighted by Gasteiger charge is -2.05. The lowest BCUT2D eigenvalue weighted by Crippen LogP contribution is -2.24. The molecular weight excluding hydrogens is 280 g/mol. The fourth-order valence-corrected chi connectivity index (χ4v) is 3.12. The third-order valence-electron chi connectivity index (χ3n) is 3.39. The second kappa shape index (κ2) is 6.06. The van der Waals surface area contributed by atoms with Crippen LogP contribution in [-0.2, 0) is 17.8 Å². The highest BCUT2D eigenvalue weighted by Gasteiger charge is 2.07. The standard InChI is InChI=1S/C17H16N2OS/c1-12-6-2-3-7-13(12)10-16(20)18-11-17-19-14-8-4-5-9-15(14)21-17/h2-9H,10-11H2,1H3,(H,18,20). The minimum atomic E-state index is 0.0311. The van der Waals surface area contributed by atoms with Gasteiger partial charge >= 0.3 is 0 Å². The molecule has 0 spiro atoms. The minimum absolute atomic E-state index is 0.0311. The van der Waals surface area contributed by atoms with Gasteiger partial charge in [0, 0.05) is 0 Å². The number of para-hydroxylation sites is 1. The Morgan fingerprint density at radius 3 is 2.71 bits per heavy atom. The lowest BCUT2D eigenvalue weighted by molar-refractivity contribution is -0.120. The number of thiazole rings is 1. The third-order valence-corrected chi connectivity index (χ3v) is 4.42. The zero-order chi connectivity index (χ0) is 14.7. The molecule has 0 bridgehead atoms. The van der Waals surface area contributed by atoms with Crippen molar-refractivity contribution in [2.75, 3.05) is 0 Å². The summed E-state index contributed by atoms with van der Waals surface area (Å²) in [5.41, 5.74) is 3.21. The van der Waals surface area contributed by atoms with E-state index in [1.807, 2.05) is 55.5 Å². The zero-order valence-corrected chi connectivity index (χ0v) is 12.6. The molecule has 3 aromatic rings. The van der Waals surface area contributed by atoms with Crippen molar-refractivity contribution in [1.29, 1.82) is 0 Å². The van der Waals surface area contributed by atoms with Crippen LogP contribution in [0.3, 0.4) is 0 Å². The van der Waals surface area contributed by atoms with Crippen molar-refractivity contribution in [3.63, 3.8) is 0 Å². The molecule has 0 fully saturated rings. The van der Waals surface area contributed by atoms with Gasteiger partial charge in [-0.25, -0.2) is 4.98 Å². The highest BCUT2D eigenvalue weighted by molar-refractivity contribution is 7.18. The number of amides is 1. The maximum atomic E-state index is 12.0. The number of aromatic nitrogens is 1. The SMILES string of the molecule is Cc1ccccc1CC(=O)NCc1nc2ccccc2s1. The summed E-state index contributed by atoms with van der Waals surface area (Å²) in [6.07, 6.45) is 0.414. The molecule has 1 N–H and O–H groups in total. The van der Waals surface area contributed by atoms with Crippen molar-refractivity contribution in [3.05, 3.63) is 64.7 Å². The molecule has 106 valence electrons. The van der Waals surface area contributed by atoms with Crippen LogP contribution in [0.15, 0.2) is 48.5 Å². The first-order valence-corrected chi connectivity index (χ1v) is 7.69. The predicted molar refractivity (Wildman–Crippen MR) is 86.3 cm³/mol. The summed E-state index contributed by atoms with van der Waals surface area (Å²) in [6, 6.07) is 16.0. The molecule has 2 aromatic carbocycles. The van der Waals surface area contributed by atoms with E-state index >= 15 is 0 Å². The Morgan fingerprint density at radius 1 is 1.14 bits per heavy atom. The predicted octanol–water partition coefficient (Wildman–Crippen LogP) is 3.46. The number of fused-ring (bicyclic) bond motifs is 1. The van der Waals surface area contributed by atoms with Crippen LogP contribution in [-0.4, -0.2) is 10.9 Å². The first-order valence-electron chi connectivity index (χ1n) is 6.88. The summed E-state index contributed by atoms with van der Waals surface area (Å²) in [4.78, 5) is 16.5. The molecule has 0 aliphatic heterocycles. The summed E-state index contributed by atoms with van der Waals surface area (Å²) < 4.78 is 1.15. The van der Waals surface area contributed by atoms with Gasteiger partial charge in [0.2, 0.25) is 5.91 Å². The van der Waals surface area contributed by atoms with Crippen LogP contribution < -0.4 is 5.32 Å². The highest BCUT2D eigenvalue weighted by Crippen LogP contribution is 2.21. The van der Waals surface area contributed by atoms with Gasteiger partial charge in [0.25, 0.3) is 0 Å². The summed E-state index contributed by atoms with van der Waals surface area (Å²) in [5, 5.41) is 3.88. The van der Waals surface area contributed by atoms with Crippen molar-refractivity contribution in [1.82, 2.24) is 10.3 Å². The molecular formula is C17H16N2OS. The van der Waals surface area contributed by atoms with Crippen molar-refractivity contribution < 1.29 is 4.79 Å². The Labute approximate surface area is 127 Å². The van der Waals surface area contributed by atoms with Gasteiger partial charge < -0.3 is 5.32 Å². The van der Waals surface area contributed by atoms with Gasteiger partial charge in [0.15, 0.2) is 0 Å². The number of nitrogens with zero attached hydrogens (tertiary/aromatic N) is 1. The first-order chi connectivity index (χ1) is 10.2. The molecule has 1 aromatic heterocycles. The number of nitrogens with one attached hydrogen (secondary N) is 1. The van der Waals surface area contributed by atoms with Gasteiger partial charge in [-0.05, 0) is 30.2 Å². The molecule has 1 heterocycles. The van der Waals surface area contributed by atoms with Gasteiger partial charge in [-0.2, -0.15) is 0 Å². The fraction of sp³-hybridized carbons (Fsp3) is 0.176. The Bertz CT molecular complexity index is 746. The number of hydrogen-bond donors (Lipinski definition) is 1. The van der Waals surface area contributed by atoms with Crippen LogP contribution in [0, 0.1) is 6.92 Å².